The van der Waals surface area contributed by atoms with E-state index in [0.29, 0.717) is 11.5 Å². The van der Waals surface area contributed by atoms with Crippen LogP contribution in [0.4, 0.5) is 34.1 Å². The molecule has 0 atom stereocenters. The van der Waals surface area contributed by atoms with Crippen molar-refractivity contribution >= 4 is 88.8 Å². The van der Waals surface area contributed by atoms with Crippen LogP contribution in [0.25, 0.3) is 77.5 Å². The predicted molar refractivity (Wildman–Crippen MR) is 277 cm³/mol. The number of hydrogen-bond acceptors (Lipinski definition) is 4. The normalized spacial score (nSPS) is 11.6. The molecule has 13 aromatic rings. The molecule has 0 spiro atoms. The van der Waals surface area contributed by atoms with Gasteiger partial charge in [0.15, 0.2) is 5.58 Å². The number of fused-ring (bicyclic) bond motifs is 7. The van der Waals surface area contributed by atoms with Crippen LogP contribution >= 0.6 is 0 Å². The van der Waals surface area contributed by atoms with Crippen molar-refractivity contribution in [1.82, 2.24) is 14.1 Å². The maximum atomic E-state index is 6.68. The second-order valence-electron chi connectivity index (χ2n) is 16.8. The largest absolute Gasteiger partial charge is 0.436 e. The molecule has 0 aliphatic carbocycles. The van der Waals surface area contributed by atoms with Gasteiger partial charge < -0.3 is 23.4 Å². The summed E-state index contributed by atoms with van der Waals surface area (Å²) >= 11 is 0. The summed E-state index contributed by atoms with van der Waals surface area (Å²) in [5.41, 5.74) is 15.5. The van der Waals surface area contributed by atoms with E-state index in [0.717, 1.165) is 56.6 Å². The molecule has 10 aromatic carbocycles. The SMILES string of the molecule is c1ccc(N(c2ccc(-n3c4ccccc4c4ccccc43)cc2)c2cccc(-c3nc4ccc(N(c5ccccc5)c5ccc(-n6c7ccccc7c7ccccc76)cc5)cc4o3)c2)cc1. The monoisotopic (exact) mass is 859 g/mol. The van der Waals surface area contributed by atoms with Gasteiger partial charge in [0.05, 0.1) is 22.1 Å². The molecular weight excluding hydrogens is 819 g/mol. The zero-order valence-corrected chi connectivity index (χ0v) is 36.3. The van der Waals surface area contributed by atoms with E-state index in [-0.39, 0.29) is 0 Å². The highest BCUT2D eigenvalue weighted by Gasteiger charge is 2.20. The highest BCUT2D eigenvalue weighted by molar-refractivity contribution is 6.10. The van der Waals surface area contributed by atoms with E-state index in [1.54, 1.807) is 0 Å². The van der Waals surface area contributed by atoms with Gasteiger partial charge >= 0.3 is 0 Å². The van der Waals surface area contributed by atoms with Gasteiger partial charge in [-0.1, -0.05) is 115 Å². The molecular formula is C61H41N5O. The fraction of sp³-hybridized carbons (Fsp3) is 0. The Morgan fingerprint density at radius 3 is 1.15 bits per heavy atom. The van der Waals surface area contributed by atoms with Gasteiger partial charge in [-0.25, -0.2) is 4.98 Å². The number of oxazole rings is 1. The molecule has 0 saturated heterocycles. The fourth-order valence-corrected chi connectivity index (χ4v) is 9.91. The van der Waals surface area contributed by atoms with Crippen molar-refractivity contribution < 1.29 is 4.42 Å². The summed E-state index contributed by atoms with van der Waals surface area (Å²) in [7, 11) is 0. The first-order chi connectivity index (χ1) is 33.2. The van der Waals surface area contributed by atoms with Crippen LogP contribution in [0.1, 0.15) is 0 Å². The van der Waals surface area contributed by atoms with Crippen molar-refractivity contribution in [2.24, 2.45) is 0 Å². The predicted octanol–water partition coefficient (Wildman–Crippen LogP) is 16.6. The molecule has 0 N–H and O–H groups in total. The number of aromatic nitrogens is 3. The summed E-state index contributed by atoms with van der Waals surface area (Å²) in [6.45, 7) is 0. The molecule has 0 unspecified atom stereocenters. The number of nitrogens with zero attached hydrogens (tertiary/aromatic N) is 5. The highest BCUT2D eigenvalue weighted by atomic mass is 16.3. The van der Waals surface area contributed by atoms with Crippen LogP contribution < -0.4 is 9.80 Å². The summed E-state index contributed by atoms with van der Waals surface area (Å²) in [5, 5.41) is 4.98. The summed E-state index contributed by atoms with van der Waals surface area (Å²) in [6.07, 6.45) is 0. The first-order valence-corrected chi connectivity index (χ1v) is 22.6. The van der Waals surface area contributed by atoms with Crippen molar-refractivity contribution in [3.8, 4) is 22.8 Å². The molecule has 316 valence electrons. The van der Waals surface area contributed by atoms with Crippen LogP contribution in [0.3, 0.4) is 0 Å². The van der Waals surface area contributed by atoms with Crippen molar-refractivity contribution in [3.05, 3.63) is 249 Å². The summed E-state index contributed by atoms with van der Waals surface area (Å²) in [5.74, 6) is 0.561. The van der Waals surface area contributed by atoms with E-state index >= 15 is 0 Å². The van der Waals surface area contributed by atoms with Gasteiger partial charge in [-0.2, -0.15) is 0 Å². The number of benzene rings is 10. The Morgan fingerprint density at radius 1 is 0.313 bits per heavy atom. The molecule has 0 saturated carbocycles. The van der Waals surface area contributed by atoms with Crippen molar-refractivity contribution in [2.45, 2.75) is 0 Å². The molecule has 3 heterocycles. The summed E-state index contributed by atoms with van der Waals surface area (Å²) in [4.78, 5) is 9.59. The van der Waals surface area contributed by atoms with Gasteiger partial charge in [-0.05, 0) is 127 Å². The van der Waals surface area contributed by atoms with E-state index in [4.69, 9.17) is 9.40 Å². The van der Waals surface area contributed by atoms with Crippen LogP contribution in [0.15, 0.2) is 253 Å². The van der Waals surface area contributed by atoms with Crippen molar-refractivity contribution in [1.29, 1.82) is 0 Å². The molecule has 67 heavy (non-hydrogen) atoms. The van der Waals surface area contributed by atoms with Crippen LogP contribution in [-0.2, 0) is 0 Å². The molecule has 3 aromatic heterocycles. The summed E-state index contributed by atoms with van der Waals surface area (Å²) < 4.78 is 11.4. The van der Waals surface area contributed by atoms with Gasteiger partial charge in [0, 0.05) is 78.7 Å². The number of anilines is 6. The van der Waals surface area contributed by atoms with Gasteiger partial charge in [0.2, 0.25) is 5.89 Å². The Hall–Kier alpha value is -9.13. The quantitative estimate of drug-likeness (QED) is 0.145. The third-order valence-corrected chi connectivity index (χ3v) is 12.9. The topological polar surface area (TPSA) is 42.4 Å². The smallest absolute Gasteiger partial charge is 0.227 e. The third kappa shape index (κ3) is 6.53. The van der Waals surface area contributed by atoms with E-state index in [1.165, 1.54) is 43.6 Å². The van der Waals surface area contributed by atoms with Crippen LogP contribution in [0.2, 0.25) is 0 Å². The maximum Gasteiger partial charge on any atom is 0.227 e. The minimum absolute atomic E-state index is 0.561. The van der Waals surface area contributed by atoms with Crippen LogP contribution in [-0.4, -0.2) is 14.1 Å². The van der Waals surface area contributed by atoms with E-state index in [9.17, 15) is 0 Å². The maximum absolute atomic E-state index is 6.68. The average molecular weight is 860 g/mol. The molecule has 6 heteroatoms. The number of rotatable bonds is 9. The first kappa shape index (κ1) is 38.3. The molecule has 0 aliphatic rings. The lowest BCUT2D eigenvalue weighted by molar-refractivity contribution is 0.620. The molecule has 13 rings (SSSR count). The Balaban J connectivity index is 0.850. The number of hydrogen-bond donors (Lipinski definition) is 0. The fourth-order valence-electron chi connectivity index (χ4n) is 9.91. The van der Waals surface area contributed by atoms with Gasteiger partial charge in [-0.15, -0.1) is 0 Å². The second-order valence-corrected chi connectivity index (χ2v) is 16.8. The minimum Gasteiger partial charge on any atom is -0.436 e. The highest BCUT2D eigenvalue weighted by Crippen LogP contribution is 2.41. The van der Waals surface area contributed by atoms with E-state index in [1.807, 2.05) is 6.07 Å². The standard InChI is InChI=1S/C61H41N5O/c1-3-17-43(18-4-1)63(45-30-34-47(35-31-45)65-56-26-11-7-22-51(56)52-23-8-12-27-57(52)65)49-21-15-16-42(40-49)61-62-55-39-38-50(41-60(55)67-61)64(44-19-5-2-6-20-44)46-32-36-48(37-33-46)66-58-28-13-9-24-53(58)54-25-10-14-29-59(54)66/h1-41H. The second kappa shape index (κ2) is 15.8. The van der Waals surface area contributed by atoms with Crippen molar-refractivity contribution in [2.75, 3.05) is 9.80 Å². The van der Waals surface area contributed by atoms with Crippen molar-refractivity contribution in [3.63, 3.8) is 0 Å². The average Bonchev–Trinajstić information content (AvgIpc) is 4.08. The Kier molecular flexibility index (Phi) is 9.06. The lowest BCUT2D eigenvalue weighted by atomic mass is 10.1. The van der Waals surface area contributed by atoms with E-state index in [2.05, 4.69) is 262 Å². The van der Waals surface area contributed by atoms with Gasteiger partial charge in [0.1, 0.15) is 5.52 Å². The van der Waals surface area contributed by atoms with Gasteiger partial charge in [-0.3, -0.25) is 0 Å². The Morgan fingerprint density at radius 2 is 0.687 bits per heavy atom. The Labute approximate surface area is 387 Å². The molecule has 0 fully saturated rings. The molecule has 0 aliphatic heterocycles. The van der Waals surface area contributed by atoms with Crippen LogP contribution in [0, 0.1) is 0 Å². The molecule has 0 amide bonds. The third-order valence-electron chi connectivity index (χ3n) is 12.9. The number of para-hydroxylation sites is 6. The van der Waals surface area contributed by atoms with Gasteiger partial charge in [0.25, 0.3) is 0 Å². The molecule has 0 bridgehead atoms. The lowest BCUT2D eigenvalue weighted by Crippen LogP contribution is -2.10. The van der Waals surface area contributed by atoms with E-state index < -0.39 is 0 Å². The summed E-state index contributed by atoms with van der Waals surface area (Å²) in [6, 6.07) is 87.8. The molecule has 0 radical (unpaired) electrons. The first-order valence-electron chi connectivity index (χ1n) is 22.6. The zero-order valence-electron chi connectivity index (χ0n) is 36.3. The Bertz CT molecular complexity index is 3820. The minimum atomic E-state index is 0.561. The lowest BCUT2D eigenvalue weighted by Gasteiger charge is -2.26. The van der Waals surface area contributed by atoms with Crippen LogP contribution in [0.5, 0.6) is 0 Å². The molecule has 6 nitrogen and oxygen atoms in total. The zero-order chi connectivity index (χ0) is 44.3.